The van der Waals surface area contributed by atoms with Crippen molar-refractivity contribution in [2.24, 2.45) is 0 Å². The second-order valence-electron chi connectivity index (χ2n) is 5.89. The van der Waals surface area contributed by atoms with E-state index >= 15 is 0 Å². The van der Waals surface area contributed by atoms with Gasteiger partial charge in [0.15, 0.2) is 0 Å². The summed E-state index contributed by atoms with van der Waals surface area (Å²) in [5, 5.41) is 2.22. The van der Waals surface area contributed by atoms with Crippen molar-refractivity contribution in [3.05, 3.63) is 63.6 Å². The van der Waals surface area contributed by atoms with Gasteiger partial charge in [0.2, 0.25) is 0 Å². The van der Waals surface area contributed by atoms with E-state index in [9.17, 15) is 14.4 Å². The first-order valence-corrected chi connectivity index (χ1v) is 9.10. The number of halogens is 1. The number of ether oxygens (including phenoxy) is 1. The van der Waals surface area contributed by atoms with Crippen molar-refractivity contribution in [2.75, 3.05) is 11.5 Å². The smallest absolute Gasteiger partial charge is 0.335 e. The molecule has 0 atom stereocenters. The molecule has 138 valence electrons. The third-order valence-corrected chi connectivity index (χ3v) is 4.89. The van der Waals surface area contributed by atoms with Gasteiger partial charge in [0.05, 0.1) is 12.3 Å². The van der Waals surface area contributed by atoms with Gasteiger partial charge in [-0.3, -0.25) is 14.9 Å². The maximum atomic E-state index is 12.9. The van der Waals surface area contributed by atoms with Crippen molar-refractivity contribution in [2.45, 2.75) is 13.8 Å². The van der Waals surface area contributed by atoms with Gasteiger partial charge in [-0.2, -0.15) is 0 Å². The first-order chi connectivity index (χ1) is 12.9. The Morgan fingerprint density at radius 2 is 1.81 bits per heavy atom. The number of imide groups is 2. The van der Waals surface area contributed by atoms with E-state index in [0.29, 0.717) is 23.6 Å². The quantitative estimate of drug-likeness (QED) is 0.592. The minimum absolute atomic E-state index is 0.112. The number of rotatable bonds is 4. The molecule has 0 bridgehead atoms. The van der Waals surface area contributed by atoms with Crippen LogP contribution in [0.25, 0.3) is 6.08 Å². The number of nitrogens with zero attached hydrogens (tertiary/aromatic N) is 1. The molecule has 1 aliphatic rings. The molecule has 27 heavy (non-hydrogen) atoms. The average Bonchev–Trinajstić information content (AvgIpc) is 2.63. The summed E-state index contributed by atoms with van der Waals surface area (Å²) >= 11 is 3.39. The van der Waals surface area contributed by atoms with Crippen LogP contribution in [-0.4, -0.2) is 24.5 Å². The molecule has 6 nitrogen and oxygen atoms in total. The van der Waals surface area contributed by atoms with Crippen molar-refractivity contribution >= 4 is 45.5 Å². The van der Waals surface area contributed by atoms with Crippen LogP contribution in [0.2, 0.25) is 0 Å². The summed E-state index contributed by atoms with van der Waals surface area (Å²) in [5.41, 5.74) is 1.79. The Morgan fingerprint density at radius 3 is 2.44 bits per heavy atom. The van der Waals surface area contributed by atoms with E-state index in [4.69, 9.17) is 4.74 Å². The summed E-state index contributed by atoms with van der Waals surface area (Å²) < 4.78 is 6.24. The average molecular weight is 429 g/mol. The van der Waals surface area contributed by atoms with E-state index in [-0.39, 0.29) is 5.57 Å². The number of urea groups is 1. The van der Waals surface area contributed by atoms with Crippen LogP contribution in [0.4, 0.5) is 10.5 Å². The minimum Gasteiger partial charge on any atom is -0.494 e. The van der Waals surface area contributed by atoms with E-state index in [1.807, 2.05) is 13.8 Å². The lowest BCUT2D eigenvalue weighted by molar-refractivity contribution is -0.122. The Balaban J connectivity index is 1.95. The molecule has 2 aromatic rings. The fourth-order valence-electron chi connectivity index (χ4n) is 2.65. The van der Waals surface area contributed by atoms with Crippen LogP contribution in [0.15, 0.2) is 52.5 Å². The summed E-state index contributed by atoms with van der Waals surface area (Å²) in [7, 11) is 0. The van der Waals surface area contributed by atoms with Gasteiger partial charge in [0.1, 0.15) is 11.3 Å². The third-order valence-electron chi connectivity index (χ3n) is 4.00. The molecule has 0 unspecified atom stereocenters. The van der Waals surface area contributed by atoms with Crippen LogP contribution in [0.1, 0.15) is 18.1 Å². The molecule has 1 aliphatic heterocycles. The number of amides is 4. The predicted molar refractivity (Wildman–Crippen MR) is 105 cm³/mol. The van der Waals surface area contributed by atoms with Gasteiger partial charge in [0, 0.05) is 4.47 Å². The number of hydrogen-bond donors (Lipinski definition) is 1. The minimum atomic E-state index is -0.768. The highest BCUT2D eigenvalue weighted by molar-refractivity contribution is 9.10. The molecule has 0 aliphatic carbocycles. The molecule has 1 fully saturated rings. The van der Waals surface area contributed by atoms with Crippen LogP contribution in [0.3, 0.4) is 0 Å². The Hall–Kier alpha value is -2.93. The summed E-state index contributed by atoms with van der Waals surface area (Å²) in [6, 6.07) is 11.3. The summed E-state index contributed by atoms with van der Waals surface area (Å²) in [6.45, 7) is 4.28. The lowest BCUT2D eigenvalue weighted by Crippen LogP contribution is -2.54. The zero-order chi connectivity index (χ0) is 19.6. The van der Waals surface area contributed by atoms with Crippen molar-refractivity contribution in [3.8, 4) is 5.75 Å². The molecule has 4 amide bonds. The van der Waals surface area contributed by atoms with Crippen LogP contribution in [0.5, 0.6) is 5.75 Å². The maximum Gasteiger partial charge on any atom is 0.335 e. The van der Waals surface area contributed by atoms with Gasteiger partial charge in [-0.25, -0.2) is 9.69 Å². The Labute approximate surface area is 164 Å². The lowest BCUT2D eigenvalue weighted by atomic mass is 10.1. The van der Waals surface area contributed by atoms with Crippen molar-refractivity contribution in [3.63, 3.8) is 0 Å². The summed E-state index contributed by atoms with van der Waals surface area (Å²) in [4.78, 5) is 38.3. The number of barbiturate groups is 1. The molecule has 1 heterocycles. The van der Waals surface area contributed by atoms with E-state index in [0.717, 1.165) is 14.9 Å². The molecule has 0 radical (unpaired) electrons. The van der Waals surface area contributed by atoms with E-state index < -0.39 is 17.8 Å². The van der Waals surface area contributed by atoms with Gasteiger partial charge in [-0.05, 0) is 61.4 Å². The Morgan fingerprint density at radius 1 is 1.11 bits per heavy atom. The molecule has 1 saturated heterocycles. The molecule has 3 rings (SSSR count). The number of anilines is 1. The van der Waals surface area contributed by atoms with Gasteiger partial charge >= 0.3 is 6.03 Å². The van der Waals surface area contributed by atoms with Gasteiger partial charge in [-0.1, -0.05) is 28.1 Å². The number of carbonyl (C=O) groups is 3. The highest BCUT2D eigenvalue weighted by Crippen LogP contribution is 2.26. The fraction of sp³-hybridized carbons (Fsp3) is 0.150. The molecule has 7 heteroatoms. The van der Waals surface area contributed by atoms with E-state index in [2.05, 4.69) is 21.2 Å². The highest BCUT2D eigenvalue weighted by Gasteiger charge is 2.36. The van der Waals surface area contributed by atoms with E-state index in [1.165, 1.54) is 6.08 Å². The lowest BCUT2D eigenvalue weighted by Gasteiger charge is -2.26. The number of benzene rings is 2. The number of hydrogen-bond acceptors (Lipinski definition) is 4. The Bertz CT molecular complexity index is 951. The molecule has 0 aromatic heterocycles. The standard InChI is InChI=1S/C20H17BrN2O4/c1-3-27-15-7-4-13(5-8-15)11-16-18(24)22-20(26)23(19(16)25)14-6-9-17(21)12(2)10-14/h4-11H,3H2,1-2H3,(H,22,24,26)/b16-11+. The van der Waals surface area contributed by atoms with Gasteiger partial charge in [0.25, 0.3) is 11.8 Å². The molecule has 2 aromatic carbocycles. The highest BCUT2D eigenvalue weighted by atomic mass is 79.9. The molecule has 0 spiro atoms. The molecular formula is C20H17BrN2O4. The van der Waals surface area contributed by atoms with Crippen LogP contribution in [0, 0.1) is 6.92 Å². The van der Waals surface area contributed by atoms with Crippen LogP contribution >= 0.6 is 15.9 Å². The summed E-state index contributed by atoms with van der Waals surface area (Å²) in [6.07, 6.45) is 1.46. The van der Waals surface area contributed by atoms with Crippen molar-refractivity contribution in [1.82, 2.24) is 5.32 Å². The zero-order valence-electron chi connectivity index (χ0n) is 14.8. The monoisotopic (exact) mass is 428 g/mol. The Kier molecular flexibility index (Phi) is 5.41. The van der Waals surface area contributed by atoms with E-state index in [1.54, 1.807) is 42.5 Å². The fourth-order valence-corrected chi connectivity index (χ4v) is 2.90. The number of carbonyl (C=O) groups excluding carboxylic acids is 3. The second-order valence-corrected chi connectivity index (χ2v) is 6.75. The molecular weight excluding hydrogens is 412 g/mol. The largest absolute Gasteiger partial charge is 0.494 e. The number of nitrogens with one attached hydrogen (secondary N) is 1. The topological polar surface area (TPSA) is 75.7 Å². The molecule has 1 N–H and O–H groups in total. The second kappa shape index (κ2) is 7.75. The van der Waals surface area contributed by atoms with Crippen LogP contribution in [-0.2, 0) is 9.59 Å². The first kappa shape index (κ1) is 18.8. The van der Waals surface area contributed by atoms with Crippen molar-refractivity contribution < 1.29 is 19.1 Å². The summed E-state index contributed by atoms with van der Waals surface area (Å²) in [5.74, 6) is -0.690. The first-order valence-electron chi connectivity index (χ1n) is 8.31. The van der Waals surface area contributed by atoms with Crippen molar-refractivity contribution in [1.29, 1.82) is 0 Å². The third kappa shape index (κ3) is 3.93. The number of aryl methyl sites for hydroxylation is 1. The normalized spacial score (nSPS) is 15.9. The van der Waals surface area contributed by atoms with Crippen LogP contribution < -0.4 is 15.0 Å². The van der Waals surface area contributed by atoms with Gasteiger partial charge in [-0.15, -0.1) is 0 Å². The van der Waals surface area contributed by atoms with Gasteiger partial charge < -0.3 is 4.74 Å². The predicted octanol–water partition coefficient (Wildman–Crippen LogP) is 3.82. The zero-order valence-corrected chi connectivity index (χ0v) is 16.4. The molecule has 0 saturated carbocycles. The maximum absolute atomic E-state index is 12.9. The SMILES string of the molecule is CCOc1ccc(/C=C2\C(=O)NC(=O)N(c3ccc(Br)c(C)c3)C2=O)cc1.